The molecule has 0 spiro atoms. The van der Waals surface area contributed by atoms with Gasteiger partial charge in [0.2, 0.25) is 5.91 Å². The Morgan fingerprint density at radius 3 is 1.37 bits per heavy atom. The van der Waals surface area contributed by atoms with E-state index in [1.807, 2.05) is 0 Å². The van der Waals surface area contributed by atoms with E-state index in [0.717, 1.165) is 19.8 Å². The van der Waals surface area contributed by atoms with Crippen molar-refractivity contribution in [1.29, 1.82) is 0 Å². The van der Waals surface area contributed by atoms with Crippen molar-refractivity contribution in [1.82, 2.24) is 10.6 Å². The maximum Gasteiger partial charge on any atom is 0.312 e. The Hall–Kier alpha value is -1.79. The Kier molecular flexibility index (Phi) is 25.6. The second-order valence-electron chi connectivity index (χ2n) is 7.86. The largest absolute Gasteiger partial charge is 0.481 e. The molecule has 0 saturated heterocycles. The molecule has 0 atom stereocenters. The summed E-state index contributed by atoms with van der Waals surface area (Å²) in [7, 11) is 0. The molecule has 0 aromatic carbocycles. The molecule has 3 amide bonds. The van der Waals surface area contributed by atoms with Crippen LogP contribution >= 0.6 is 0 Å². The molecule has 0 aliphatic carbocycles. The molecule has 7 nitrogen and oxygen atoms in total. The fourth-order valence-corrected chi connectivity index (χ4v) is 3.13. The summed E-state index contributed by atoms with van der Waals surface area (Å²) < 4.78 is 0. The van der Waals surface area contributed by atoms with Gasteiger partial charge in [-0.05, 0) is 6.42 Å². The monoisotopic (exact) mass is 429 g/mol. The maximum atomic E-state index is 11.6. The highest BCUT2D eigenvalue weighted by atomic mass is 16.4. The summed E-state index contributed by atoms with van der Waals surface area (Å²) in [5, 5.41) is 12.6. The minimum atomic E-state index is -0.833. The van der Waals surface area contributed by atoms with E-state index < -0.39 is 12.0 Å². The van der Waals surface area contributed by atoms with Crippen molar-refractivity contribution in [2.24, 2.45) is 5.73 Å². The lowest BCUT2D eigenvalue weighted by Crippen LogP contribution is -2.37. The Bertz CT molecular complexity index is 413. The normalized spacial score (nSPS) is 10.1. The minimum absolute atomic E-state index is 0.0611. The SMILES string of the molecule is CC(=O)O.CCCCCCCCCCCCCCCCCC(=O)NCCNC(N)=O. The molecule has 0 fully saturated rings. The van der Waals surface area contributed by atoms with Gasteiger partial charge in [-0.3, -0.25) is 9.59 Å². The first-order chi connectivity index (χ1) is 14.4. The van der Waals surface area contributed by atoms with Gasteiger partial charge in [-0.25, -0.2) is 4.79 Å². The maximum absolute atomic E-state index is 11.6. The van der Waals surface area contributed by atoms with E-state index in [4.69, 9.17) is 15.6 Å². The van der Waals surface area contributed by atoms with Crippen LogP contribution in [0, 0.1) is 0 Å². The zero-order valence-corrected chi connectivity index (χ0v) is 19.5. The second kappa shape index (κ2) is 25.2. The Balaban J connectivity index is 0. The van der Waals surface area contributed by atoms with Crippen LogP contribution in [0.3, 0.4) is 0 Å². The third kappa shape index (κ3) is 33.8. The standard InChI is InChI=1S/C21H43N3O2.C2H4O2/c1-2-3-4-5-6-7-8-9-10-11-12-13-14-15-16-17-20(25)23-18-19-24-21(22)26;1-2(3)4/h2-19H2,1H3,(H,23,25)(H3,22,24,26);1H3,(H,3,4). The summed E-state index contributed by atoms with van der Waals surface area (Å²) in [6.45, 7) is 4.19. The molecule has 0 aliphatic heterocycles. The molecule has 5 N–H and O–H groups in total. The van der Waals surface area contributed by atoms with Crippen molar-refractivity contribution in [3.63, 3.8) is 0 Å². The van der Waals surface area contributed by atoms with Gasteiger partial charge in [-0.2, -0.15) is 0 Å². The van der Waals surface area contributed by atoms with Gasteiger partial charge in [-0.15, -0.1) is 0 Å². The molecular formula is C23H47N3O4. The highest BCUT2D eigenvalue weighted by Gasteiger charge is 2.01. The van der Waals surface area contributed by atoms with Crippen molar-refractivity contribution in [3.05, 3.63) is 0 Å². The fraction of sp³-hybridized carbons (Fsp3) is 0.870. The number of carboxylic acid groups (broad SMARTS) is 1. The van der Waals surface area contributed by atoms with E-state index in [9.17, 15) is 9.59 Å². The molecule has 30 heavy (non-hydrogen) atoms. The summed E-state index contributed by atoms with van der Waals surface area (Å²) in [6.07, 6.45) is 20.5. The number of hydrogen-bond donors (Lipinski definition) is 4. The number of rotatable bonds is 19. The highest BCUT2D eigenvalue weighted by molar-refractivity contribution is 5.76. The predicted molar refractivity (Wildman–Crippen MR) is 123 cm³/mol. The van der Waals surface area contributed by atoms with Gasteiger partial charge in [0.05, 0.1) is 0 Å². The molecule has 0 saturated carbocycles. The van der Waals surface area contributed by atoms with Crippen molar-refractivity contribution in [2.75, 3.05) is 13.1 Å². The molecule has 0 aromatic heterocycles. The average molecular weight is 430 g/mol. The van der Waals surface area contributed by atoms with Crippen molar-refractivity contribution < 1.29 is 19.5 Å². The third-order valence-corrected chi connectivity index (χ3v) is 4.75. The van der Waals surface area contributed by atoms with Crippen LogP contribution in [0.15, 0.2) is 0 Å². The number of carbonyl (C=O) groups excluding carboxylic acids is 2. The highest BCUT2D eigenvalue weighted by Crippen LogP contribution is 2.13. The summed E-state index contributed by atoms with van der Waals surface area (Å²) in [6, 6.07) is -0.554. The van der Waals surface area contributed by atoms with E-state index >= 15 is 0 Å². The van der Waals surface area contributed by atoms with Crippen LogP contribution in [0.2, 0.25) is 0 Å². The lowest BCUT2D eigenvalue weighted by atomic mass is 10.0. The van der Waals surface area contributed by atoms with E-state index in [1.165, 1.54) is 83.5 Å². The van der Waals surface area contributed by atoms with E-state index in [-0.39, 0.29) is 5.91 Å². The lowest BCUT2D eigenvalue weighted by molar-refractivity contribution is -0.134. The van der Waals surface area contributed by atoms with Gasteiger partial charge in [0.15, 0.2) is 0 Å². The number of amides is 3. The Morgan fingerprint density at radius 1 is 0.667 bits per heavy atom. The van der Waals surface area contributed by atoms with Gasteiger partial charge in [0.25, 0.3) is 5.97 Å². The molecule has 0 heterocycles. The number of aliphatic carboxylic acids is 1. The summed E-state index contributed by atoms with van der Waals surface area (Å²) in [5.41, 5.74) is 4.95. The average Bonchev–Trinajstić information content (AvgIpc) is 2.67. The predicted octanol–water partition coefficient (Wildman–Crippen LogP) is 5.12. The van der Waals surface area contributed by atoms with Crippen molar-refractivity contribution >= 4 is 17.9 Å². The molecule has 178 valence electrons. The molecule has 0 rings (SSSR count). The molecule has 7 heteroatoms. The third-order valence-electron chi connectivity index (χ3n) is 4.75. The number of primary amides is 1. The number of hydrogen-bond acceptors (Lipinski definition) is 3. The van der Waals surface area contributed by atoms with Gasteiger partial charge in [0, 0.05) is 26.4 Å². The van der Waals surface area contributed by atoms with Crippen LogP contribution in [-0.2, 0) is 9.59 Å². The summed E-state index contributed by atoms with van der Waals surface area (Å²) in [4.78, 5) is 31.0. The number of nitrogens with two attached hydrogens (primary N) is 1. The topological polar surface area (TPSA) is 122 Å². The lowest BCUT2D eigenvalue weighted by Gasteiger charge is -2.06. The zero-order chi connectivity index (χ0) is 22.9. The molecule has 0 aromatic rings. The minimum Gasteiger partial charge on any atom is -0.481 e. The molecule has 0 unspecified atom stereocenters. The van der Waals surface area contributed by atoms with Crippen LogP contribution in [0.1, 0.15) is 117 Å². The van der Waals surface area contributed by atoms with Gasteiger partial charge in [0.1, 0.15) is 0 Å². The first kappa shape index (κ1) is 30.4. The van der Waals surface area contributed by atoms with Crippen LogP contribution in [0.25, 0.3) is 0 Å². The molecular weight excluding hydrogens is 382 g/mol. The van der Waals surface area contributed by atoms with Crippen LogP contribution in [0.4, 0.5) is 4.79 Å². The quantitative estimate of drug-likeness (QED) is 0.213. The zero-order valence-electron chi connectivity index (χ0n) is 19.5. The Morgan fingerprint density at radius 2 is 1.00 bits per heavy atom. The first-order valence-electron chi connectivity index (χ1n) is 11.9. The van der Waals surface area contributed by atoms with Gasteiger partial charge >= 0.3 is 6.03 Å². The molecule has 0 aliphatic rings. The van der Waals surface area contributed by atoms with E-state index in [1.54, 1.807) is 0 Å². The smallest absolute Gasteiger partial charge is 0.312 e. The number of urea groups is 1. The second-order valence-corrected chi connectivity index (χ2v) is 7.86. The summed E-state index contributed by atoms with van der Waals surface area (Å²) in [5.74, 6) is -0.772. The van der Waals surface area contributed by atoms with Gasteiger partial charge < -0.3 is 21.5 Å². The number of carbonyl (C=O) groups is 3. The van der Waals surface area contributed by atoms with Crippen LogP contribution in [0.5, 0.6) is 0 Å². The number of carboxylic acids is 1. The number of unbranched alkanes of at least 4 members (excludes halogenated alkanes) is 14. The van der Waals surface area contributed by atoms with E-state index in [2.05, 4.69) is 17.6 Å². The van der Waals surface area contributed by atoms with Crippen LogP contribution < -0.4 is 16.4 Å². The van der Waals surface area contributed by atoms with E-state index in [0.29, 0.717) is 19.5 Å². The van der Waals surface area contributed by atoms with Gasteiger partial charge in [-0.1, -0.05) is 96.8 Å². The summed E-state index contributed by atoms with van der Waals surface area (Å²) >= 11 is 0. The van der Waals surface area contributed by atoms with Crippen molar-refractivity contribution in [2.45, 2.75) is 117 Å². The van der Waals surface area contributed by atoms with Crippen LogP contribution in [-0.4, -0.2) is 36.1 Å². The molecule has 0 radical (unpaired) electrons. The number of nitrogens with one attached hydrogen (secondary N) is 2. The van der Waals surface area contributed by atoms with Crippen molar-refractivity contribution in [3.8, 4) is 0 Å². The fourth-order valence-electron chi connectivity index (χ4n) is 3.13. The molecule has 0 bridgehead atoms. The Labute approximate surface area is 183 Å². The first-order valence-corrected chi connectivity index (χ1v) is 11.9.